The Labute approximate surface area is 55.2 Å². The number of hydrogen-bond acceptors (Lipinski definition) is 1. The van der Waals surface area contributed by atoms with Gasteiger partial charge in [-0.25, -0.2) is 0 Å². The van der Waals surface area contributed by atoms with E-state index < -0.39 is 11.9 Å². The Balaban J connectivity index is 3.68. The van der Waals surface area contributed by atoms with Crippen LogP contribution in [0.4, 0.5) is 0 Å². The number of carboxylic acid groups (broad SMARTS) is 1. The van der Waals surface area contributed by atoms with Crippen LogP contribution in [0.25, 0.3) is 0 Å². The quantitative estimate of drug-likeness (QED) is 0.621. The second kappa shape index (κ2) is 4.13. The predicted molar refractivity (Wildman–Crippen MR) is 34.9 cm³/mol. The number of carboxylic acids is 1. The number of carbonyl (C=O) groups is 1. The summed E-state index contributed by atoms with van der Waals surface area (Å²) >= 11 is 0. The lowest BCUT2D eigenvalue weighted by Crippen LogP contribution is -2.09. The van der Waals surface area contributed by atoms with Gasteiger partial charge in [0, 0.05) is 0 Å². The summed E-state index contributed by atoms with van der Waals surface area (Å²) in [6.45, 7) is 6.98. The van der Waals surface area contributed by atoms with E-state index in [9.17, 15) is 4.79 Å². The van der Waals surface area contributed by atoms with Gasteiger partial charge in [-0.2, -0.15) is 0 Å². The molecule has 0 aliphatic carbocycles. The fraction of sp³-hybridized carbons (Fsp3) is 0.571. The van der Waals surface area contributed by atoms with Gasteiger partial charge in [-0.3, -0.25) is 4.79 Å². The Morgan fingerprint density at radius 2 is 2.44 bits per heavy atom. The van der Waals surface area contributed by atoms with Crippen molar-refractivity contribution >= 4 is 5.97 Å². The van der Waals surface area contributed by atoms with Gasteiger partial charge in [-0.05, 0) is 6.42 Å². The lowest BCUT2D eigenvalue weighted by molar-refractivity contribution is -0.140. The van der Waals surface area contributed by atoms with Crippen molar-refractivity contribution < 1.29 is 9.90 Å². The van der Waals surface area contributed by atoms with Crippen molar-refractivity contribution in [2.75, 3.05) is 0 Å². The normalized spacial score (nSPS) is 12.6. The lowest BCUT2D eigenvalue weighted by Gasteiger charge is -2.01. The van der Waals surface area contributed by atoms with Crippen LogP contribution in [0, 0.1) is 12.5 Å². The number of hydrogen-bond donors (Lipinski definition) is 1. The van der Waals surface area contributed by atoms with Crippen LogP contribution in [0.1, 0.15) is 19.8 Å². The molecule has 51 valence electrons. The summed E-state index contributed by atoms with van der Waals surface area (Å²) in [7, 11) is 0. The van der Waals surface area contributed by atoms with Crippen LogP contribution in [0.5, 0.6) is 0 Å². The Morgan fingerprint density at radius 1 is 1.89 bits per heavy atom. The molecule has 1 radical (unpaired) electrons. The molecule has 0 saturated heterocycles. The van der Waals surface area contributed by atoms with Crippen molar-refractivity contribution in [3.05, 3.63) is 12.7 Å². The standard InChI is InChI=1S/C7H11O2/c1-3-5-6(4-2)7(8)9/h2,4,6H,3,5H2,1H3,(H,8,9). The summed E-state index contributed by atoms with van der Waals surface area (Å²) < 4.78 is 0. The van der Waals surface area contributed by atoms with Crippen LogP contribution >= 0.6 is 0 Å². The molecule has 1 N–H and O–H groups in total. The summed E-state index contributed by atoms with van der Waals surface area (Å²) in [4.78, 5) is 10.2. The Morgan fingerprint density at radius 3 is 2.56 bits per heavy atom. The van der Waals surface area contributed by atoms with Crippen LogP contribution in [0.15, 0.2) is 6.08 Å². The van der Waals surface area contributed by atoms with Gasteiger partial charge in [0.05, 0.1) is 5.92 Å². The molecule has 0 aliphatic heterocycles. The van der Waals surface area contributed by atoms with Gasteiger partial charge in [0.15, 0.2) is 0 Å². The van der Waals surface area contributed by atoms with Gasteiger partial charge < -0.3 is 5.11 Å². The minimum Gasteiger partial charge on any atom is -0.481 e. The first-order chi connectivity index (χ1) is 4.22. The molecule has 0 heterocycles. The SMILES string of the molecule is [CH]=CC(CCC)C(=O)O. The van der Waals surface area contributed by atoms with Gasteiger partial charge >= 0.3 is 5.97 Å². The second-order valence-electron chi connectivity index (χ2n) is 1.93. The van der Waals surface area contributed by atoms with E-state index in [2.05, 4.69) is 0 Å². The largest absolute Gasteiger partial charge is 0.481 e. The molecule has 9 heavy (non-hydrogen) atoms. The van der Waals surface area contributed by atoms with Gasteiger partial charge in [0.25, 0.3) is 0 Å². The summed E-state index contributed by atoms with van der Waals surface area (Å²) in [6, 6.07) is 0. The van der Waals surface area contributed by atoms with E-state index in [0.717, 1.165) is 6.42 Å². The van der Waals surface area contributed by atoms with E-state index in [1.54, 1.807) is 0 Å². The average molecular weight is 127 g/mol. The van der Waals surface area contributed by atoms with Crippen LogP contribution in [-0.4, -0.2) is 11.1 Å². The molecule has 0 aromatic heterocycles. The van der Waals surface area contributed by atoms with E-state index in [4.69, 9.17) is 11.7 Å². The Bertz CT molecular complexity index is 107. The molecule has 2 heteroatoms. The molecule has 0 bridgehead atoms. The third-order valence-corrected chi connectivity index (χ3v) is 1.15. The van der Waals surface area contributed by atoms with Crippen LogP contribution < -0.4 is 0 Å². The van der Waals surface area contributed by atoms with Gasteiger partial charge in [-0.1, -0.05) is 26.0 Å². The summed E-state index contributed by atoms with van der Waals surface area (Å²) in [5.41, 5.74) is 0. The van der Waals surface area contributed by atoms with Crippen molar-refractivity contribution in [1.82, 2.24) is 0 Å². The molecule has 0 amide bonds. The van der Waals surface area contributed by atoms with Crippen molar-refractivity contribution in [1.29, 1.82) is 0 Å². The van der Waals surface area contributed by atoms with Crippen LogP contribution in [0.3, 0.4) is 0 Å². The molecule has 0 aliphatic rings. The summed E-state index contributed by atoms with van der Waals surface area (Å²) in [6.07, 6.45) is 2.71. The smallest absolute Gasteiger partial charge is 0.310 e. The lowest BCUT2D eigenvalue weighted by atomic mass is 10.1. The zero-order valence-corrected chi connectivity index (χ0v) is 5.50. The minimum absolute atomic E-state index is 0.463. The molecule has 2 nitrogen and oxygen atoms in total. The van der Waals surface area contributed by atoms with Crippen LogP contribution in [0.2, 0.25) is 0 Å². The molecule has 1 unspecified atom stereocenters. The van der Waals surface area contributed by atoms with Gasteiger partial charge in [0.1, 0.15) is 0 Å². The minimum atomic E-state index is -0.834. The molecule has 0 rings (SSSR count). The zero-order valence-electron chi connectivity index (χ0n) is 5.50. The topological polar surface area (TPSA) is 37.3 Å². The Kier molecular flexibility index (Phi) is 3.76. The highest BCUT2D eigenvalue weighted by atomic mass is 16.4. The fourth-order valence-corrected chi connectivity index (χ4v) is 0.613. The molecule has 0 aromatic carbocycles. The maximum atomic E-state index is 10.2. The highest BCUT2D eigenvalue weighted by Gasteiger charge is 2.10. The van der Waals surface area contributed by atoms with E-state index >= 15 is 0 Å². The molecule has 1 atom stereocenters. The zero-order chi connectivity index (χ0) is 7.28. The molecular weight excluding hydrogens is 116 g/mol. The second-order valence-corrected chi connectivity index (χ2v) is 1.93. The third kappa shape index (κ3) is 2.90. The van der Waals surface area contributed by atoms with E-state index in [0.29, 0.717) is 6.42 Å². The summed E-state index contributed by atoms with van der Waals surface area (Å²) in [5, 5.41) is 8.39. The molecule has 0 aromatic rings. The first-order valence-electron chi connectivity index (χ1n) is 3.00. The third-order valence-electron chi connectivity index (χ3n) is 1.15. The maximum Gasteiger partial charge on any atom is 0.310 e. The highest BCUT2D eigenvalue weighted by Crippen LogP contribution is 2.05. The van der Waals surface area contributed by atoms with E-state index in [1.165, 1.54) is 6.08 Å². The highest BCUT2D eigenvalue weighted by molar-refractivity contribution is 5.71. The monoisotopic (exact) mass is 127 g/mol. The number of rotatable bonds is 4. The Hall–Kier alpha value is -0.790. The van der Waals surface area contributed by atoms with Gasteiger partial charge in [0.2, 0.25) is 0 Å². The number of aliphatic carboxylic acids is 1. The molecule has 0 spiro atoms. The first-order valence-corrected chi connectivity index (χ1v) is 3.00. The van der Waals surface area contributed by atoms with Crippen molar-refractivity contribution in [3.63, 3.8) is 0 Å². The van der Waals surface area contributed by atoms with Crippen molar-refractivity contribution in [3.8, 4) is 0 Å². The molecular formula is C7H11O2. The van der Waals surface area contributed by atoms with E-state index in [1.807, 2.05) is 6.92 Å². The summed E-state index contributed by atoms with van der Waals surface area (Å²) in [5.74, 6) is -1.30. The van der Waals surface area contributed by atoms with Gasteiger partial charge in [-0.15, -0.1) is 0 Å². The average Bonchev–Trinajstić information content (AvgIpc) is 1.82. The van der Waals surface area contributed by atoms with E-state index in [-0.39, 0.29) is 0 Å². The van der Waals surface area contributed by atoms with Crippen molar-refractivity contribution in [2.24, 2.45) is 5.92 Å². The predicted octanol–water partition coefficient (Wildman–Crippen LogP) is 1.48. The van der Waals surface area contributed by atoms with Crippen molar-refractivity contribution in [2.45, 2.75) is 19.8 Å². The van der Waals surface area contributed by atoms with Crippen LogP contribution in [-0.2, 0) is 4.79 Å². The fourth-order valence-electron chi connectivity index (χ4n) is 0.613. The molecule has 0 saturated carbocycles. The maximum absolute atomic E-state index is 10.2. The molecule has 0 fully saturated rings. The first kappa shape index (κ1) is 8.21.